The second kappa shape index (κ2) is 10.1. The first-order valence-corrected chi connectivity index (χ1v) is 10.5. The Morgan fingerprint density at radius 3 is 2.30 bits per heavy atom. The van der Waals surface area contributed by atoms with Crippen LogP contribution in [0.15, 0.2) is 57.7 Å². The van der Waals surface area contributed by atoms with Gasteiger partial charge < -0.3 is 20.4 Å². The van der Waals surface area contributed by atoms with Gasteiger partial charge in [-0.25, -0.2) is 5.01 Å². The molecule has 3 atom stereocenters. The third kappa shape index (κ3) is 6.29. The highest BCUT2D eigenvalue weighted by Crippen LogP contribution is 2.23. The zero-order valence-corrected chi connectivity index (χ0v) is 17.3. The maximum absolute atomic E-state index is 11.3. The van der Waals surface area contributed by atoms with Gasteiger partial charge in [-0.05, 0) is 55.3 Å². The van der Waals surface area contributed by atoms with E-state index >= 15 is 0 Å². The second-order valence-corrected chi connectivity index (χ2v) is 8.24. The van der Waals surface area contributed by atoms with Gasteiger partial charge in [-0.3, -0.25) is 4.55 Å². The van der Waals surface area contributed by atoms with Gasteiger partial charge in [0.15, 0.2) is 0 Å². The summed E-state index contributed by atoms with van der Waals surface area (Å²) in [6.45, 7) is 2.79. The van der Waals surface area contributed by atoms with Gasteiger partial charge >= 0.3 is 0 Å². The van der Waals surface area contributed by atoms with Gasteiger partial charge in [0.2, 0.25) is 0 Å². The molecule has 164 valence electrons. The molecule has 0 aliphatic carbocycles. The van der Waals surface area contributed by atoms with Crippen molar-refractivity contribution in [3.8, 4) is 0 Å². The molecule has 0 heterocycles. The Hall–Kier alpha value is -2.41. The van der Waals surface area contributed by atoms with Gasteiger partial charge in [-0.15, -0.1) is 5.11 Å². The molecule has 0 fully saturated rings. The molecule has 11 heteroatoms. The van der Waals surface area contributed by atoms with E-state index in [4.69, 9.17) is 9.66 Å². The van der Waals surface area contributed by atoms with Crippen LogP contribution in [0.4, 0.5) is 11.4 Å². The number of rotatable bonds is 9. The average molecular weight is 439 g/mol. The number of hydrogen-bond donors (Lipinski definition) is 5. The van der Waals surface area contributed by atoms with Crippen molar-refractivity contribution in [2.75, 3.05) is 18.2 Å². The third-order valence-electron chi connectivity index (χ3n) is 4.51. The fourth-order valence-corrected chi connectivity index (χ4v) is 3.06. The molecule has 2 aromatic rings. The first-order chi connectivity index (χ1) is 14.0. The predicted octanol–water partition coefficient (Wildman–Crippen LogP) is 1.13. The van der Waals surface area contributed by atoms with E-state index in [0.717, 1.165) is 17.2 Å². The van der Waals surface area contributed by atoms with Crippen molar-refractivity contribution in [2.45, 2.75) is 37.1 Å². The highest BCUT2D eigenvalue weighted by atomic mass is 32.2. The molecular formula is C19H25N3O7S. The third-order valence-corrected chi connectivity index (χ3v) is 5.36. The van der Waals surface area contributed by atoms with Crippen LogP contribution in [0.3, 0.4) is 0 Å². The molecule has 2 rings (SSSR count). The first kappa shape index (κ1) is 23.9. The van der Waals surface area contributed by atoms with Gasteiger partial charge in [-0.2, -0.15) is 8.42 Å². The van der Waals surface area contributed by atoms with E-state index < -0.39 is 35.0 Å². The molecular weight excluding hydrogens is 414 g/mol. The zero-order chi connectivity index (χ0) is 22.5. The van der Waals surface area contributed by atoms with E-state index in [0.29, 0.717) is 5.69 Å². The van der Waals surface area contributed by atoms with Crippen LogP contribution in [0.5, 0.6) is 0 Å². The van der Waals surface area contributed by atoms with Gasteiger partial charge in [0.25, 0.3) is 10.1 Å². The fourth-order valence-electron chi connectivity index (χ4n) is 2.54. The molecule has 30 heavy (non-hydrogen) atoms. The summed E-state index contributed by atoms with van der Waals surface area (Å²) in [6, 6.07) is 10.5. The Labute approximate surface area is 174 Å². The normalized spacial score (nSPS) is 15.2. The van der Waals surface area contributed by atoms with Crippen LogP contribution in [0, 0.1) is 13.8 Å². The molecule has 10 nitrogen and oxygen atoms in total. The highest BCUT2D eigenvalue weighted by molar-refractivity contribution is 7.85. The van der Waals surface area contributed by atoms with Crippen molar-refractivity contribution in [3.05, 3.63) is 53.6 Å². The molecule has 0 spiro atoms. The van der Waals surface area contributed by atoms with Crippen molar-refractivity contribution in [3.63, 3.8) is 0 Å². The Balaban J connectivity index is 2.36. The summed E-state index contributed by atoms with van der Waals surface area (Å²) in [5, 5.41) is 48.0. The van der Waals surface area contributed by atoms with Crippen molar-refractivity contribution in [1.82, 2.24) is 0 Å². The van der Waals surface area contributed by atoms with Crippen molar-refractivity contribution in [2.24, 2.45) is 10.3 Å². The molecule has 0 aliphatic rings. The van der Waals surface area contributed by atoms with Crippen LogP contribution in [0.1, 0.15) is 11.1 Å². The van der Waals surface area contributed by atoms with Crippen molar-refractivity contribution < 1.29 is 33.4 Å². The fraction of sp³-hybridized carbons (Fsp3) is 0.368. The number of aliphatic hydroxyl groups excluding tert-OH is 4. The molecule has 0 aromatic heterocycles. The van der Waals surface area contributed by atoms with Gasteiger partial charge in [0.05, 0.1) is 29.4 Å². The van der Waals surface area contributed by atoms with E-state index in [1.54, 1.807) is 12.1 Å². The van der Waals surface area contributed by atoms with Gasteiger partial charge in [0, 0.05) is 0 Å². The molecule has 0 saturated heterocycles. The minimum atomic E-state index is -4.41. The van der Waals surface area contributed by atoms with E-state index in [-0.39, 0.29) is 17.1 Å². The van der Waals surface area contributed by atoms with E-state index in [1.165, 1.54) is 23.2 Å². The topological polar surface area (TPSA) is 163 Å². The lowest BCUT2D eigenvalue weighted by Gasteiger charge is -2.26. The largest absolute Gasteiger partial charge is 0.394 e. The maximum atomic E-state index is 11.3. The first-order valence-electron chi connectivity index (χ1n) is 9.02. The molecule has 0 radical (unpaired) electrons. The van der Waals surface area contributed by atoms with Crippen LogP contribution in [-0.2, 0) is 10.1 Å². The lowest BCUT2D eigenvalue weighted by Crippen LogP contribution is -2.44. The molecule has 0 amide bonds. The predicted molar refractivity (Wildman–Crippen MR) is 109 cm³/mol. The van der Waals surface area contributed by atoms with Gasteiger partial charge in [0.1, 0.15) is 18.3 Å². The van der Waals surface area contributed by atoms with Crippen molar-refractivity contribution >= 4 is 21.5 Å². The number of hydrogen-bond acceptors (Lipinski definition) is 8. The number of anilines is 1. The van der Waals surface area contributed by atoms with Crippen LogP contribution in [0.2, 0.25) is 0 Å². The second-order valence-electron chi connectivity index (χ2n) is 6.82. The van der Waals surface area contributed by atoms with Crippen LogP contribution in [-0.4, -0.2) is 64.9 Å². The molecule has 0 saturated carbocycles. The lowest BCUT2D eigenvalue weighted by molar-refractivity contribution is -0.0732. The Morgan fingerprint density at radius 1 is 1.00 bits per heavy atom. The molecule has 0 bridgehead atoms. The lowest BCUT2D eigenvalue weighted by atomic mass is 10.1. The van der Waals surface area contributed by atoms with Crippen LogP contribution < -0.4 is 5.01 Å². The summed E-state index contributed by atoms with van der Waals surface area (Å²) in [7, 11) is -4.41. The molecule has 0 unspecified atom stereocenters. The summed E-state index contributed by atoms with van der Waals surface area (Å²) in [4.78, 5) is -0.349. The molecule has 2 aromatic carbocycles. The SMILES string of the molecule is Cc1ccc(N(C[C@H](O)[C@@H](O)[C@@H](O)CO)N=Nc2cccc(S(=O)(=O)O)c2)cc1C. The molecule has 0 aliphatic heterocycles. The van der Waals surface area contributed by atoms with Crippen LogP contribution in [0.25, 0.3) is 0 Å². The number of benzene rings is 2. The smallest absolute Gasteiger partial charge is 0.294 e. The average Bonchev–Trinajstić information content (AvgIpc) is 2.71. The quantitative estimate of drug-likeness (QED) is 0.220. The van der Waals surface area contributed by atoms with Crippen molar-refractivity contribution in [1.29, 1.82) is 0 Å². The van der Waals surface area contributed by atoms with E-state index in [9.17, 15) is 23.7 Å². The summed E-state index contributed by atoms with van der Waals surface area (Å²) < 4.78 is 31.8. The summed E-state index contributed by atoms with van der Waals surface area (Å²) in [5.41, 5.74) is 2.61. The minimum Gasteiger partial charge on any atom is -0.394 e. The Kier molecular flexibility index (Phi) is 8.01. The zero-order valence-electron chi connectivity index (χ0n) is 16.5. The minimum absolute atomic E-state index is 0.129. The standard InChI is InChI=1S/C19H25N3O7S/c1-12-6-7-15(8-13(12)2)22(10-17(24)19(26)18(25)11-23)21-20-14-4-3-5-16(9-14)30(27,28)29/h3-9,17-19,23-26H,10-11H2,1-2H3,(H,27,28,29)/t17-,18-,19+/m0/s1. The van der Waals surface area contributed by atoms with E-state index in [2.05, 4.69) is 10.3 Å². The number of aryl methyl sites for hydroxylation is 2. The highest BCUT2D eigenvalue weighted by Gasteiger charge is 2.26. The number of aliphatic hydroxyl groups is 4. The molecule has 5 N–H and O–H groups in total. The van der Waals surface area contributed by atoms with Crippen LogP contribution >= 0.6 is 0 Å². The van der Waals surface area contributed by atoms with E-state index in [1.807, 2.05) is 19.9 Å². The maximum Gasteiger partial charge on any atom is 0.294 e. The monoisotopic (exact) mass is 439 g/mol. The Morgan fingerprint density at radius 2 is 1.70 bits per heavy atom. The number of nitrogens with zero attached hydrogens (tertiary/aromatic N) is 3. The summed E-state index contributed by atoms with van der Waals surface area (Å²) in [5.74, 6) is 0. The summed E-state index contributed by atoms with van der Waals surface area (Å²) in [6.07, 6.45) is -4.64. The Bertz CT molecular complexity index is 997. The summed E-state index contributed by atoms with van der Waals surface area (Å²) >= 11 is 0. The van der Waals surface area contributed by atoms with Gasteiger partial charge in [-0.1, -0.05) is 17.4 Å².